The van der Waals surface area contributed by atoms with Crippen molar-refractivity contribution in [3.63, 3.8) is 0 Å². The molecule has 6 heteroatoms. The van der Waals surface area contributed by atoms with Crippen molar-refractivity contribution in [3.05, 3.63) is 23.8 Å². The molecule has 1 aliphatic heterocycles. The zero-order chi connectivity index (χ0) is 13.4. The number of thiazole rings is 1. The SMILES string of the molecule is CC1OCCC1NC(=O)c1ccc2nc(N)sc2c1. The lowest BCUT2D eigenvalue weighted by molar-refractivity contribution is 0.0866. The predicted molar refractivity (Wildman–Crippen MR) is 75.3 cm³/mol. The van der Waals surface area contributed by atoms with Gasteiger partial charge in [-0.05, 0) is 31.5 Å². The molecular formula is C13H15N3O2S. The van der Waals surface area contributed by atoms with Gasteiger partial charge < -0.3 is 15.8 Å². The van der Waals surface area contributed by atoms with Crippen LogP contribution in [0.25, 0.3) is 10.2 Å². The summed E-state index contributed by atoms with van der Waals surface area (Å²) in [5, 5.41) is 3.52. The summed E-state index contributed by atoms with van der Waals surface area (Å²) in [6.07, 6.45) is 0.939. The van der Waals surface area contributed by atoms with Crippen molar-refractivity contribution in [1.29, 1.82) is 0 Å². The average molecular weight is 277 g/mol. The van der Waals surface area contributed by atoms with Gasteiger partial charge in [0.2, 0.25) is 0 Å². The van der Waals surface area contributed by atoms with E-state index in [0.717, 1.165) is 16.6 Å². The van der Waals surface area contributed by atoms with Crippen LogP contribution in [-0.2, 0) is 4.74 Å². The molecule has 1 saturated heterocycles. The lowest BCUT2D eigenvalue weighted by atomic mass is 10.1. The van der Waals surface area contributed by atoms with Crippen LogP contribution in [0.5, 0.6) is 0 Å². The van der Waals surface area contributed by atoms with E-state index in [1.54, 1.807) is 6.07 Å². The molecule has 0 aliphatic carbocycles. The normalized spacial score (nSPS) is 22.8. The quantitative estimate of drug-likeness (QED) is 0.877. The van der Waals surface area contributed by atoms with E-state index in [0.29, 0.717) is 17.3 Å². The topological polar surface area (TPSA) is 77.2 Å². The molecule has 0 saturated carbocycles. The first kappa shape index (κ1) is 12.4. The summed E-state index contributed by atoms with van der Waals surface area (Å²) in [6.45, 7) is 2.68. The molecule has 2 heterocycles. The fraction of sp³-hybridized carbons (Fsp3) is 0.385. The molecule has 3 rings (SSSR count). The number of hydrogen-bond donors (Lipinski definition) is 2. The zero-order valence-corrected chi connectivity index (χ0v) is 11.4. The van der Waals surface area contributed by atoms with Gasteiger partial charge in [-0.25, -0.2) is 4.98 Å². The first-order chi connectivity index (χ1) is 9.13. The minimum absolute atomic E-state index is 0.0729. The maximum absolute atomic E-state index is 12.2. The summed E-state index contributed by atoms with van der Waals surface area (Å²) in [4.78, 5) is 16.4. The number of carbonyl (C=O) groups is 1. The van der Waals surface area contributed by atoms with Crippen LogP contribution in [0, 0.1) is 0 Å². The smallest absolute Gasteiger partial charge is 0.251 e. The summed E-state index contributed by atoms with van der Waals surface area (Å²) in [5.74, 6) is -0.0729. The molecule has 2 atom stereocenters. The second-order valence-corrected chi connectivity index (χ2v) is 5.74. The molecule has 0 bridgehead atoms. The van der Waals surface area contributed by atoms with Crippen molar-refractivity contribution in [3.8, 4) is 0 Å². The number of carbonyl (C=O) groups excluding carboxylic acids is 1. The molecule has 3 N–H and O–H groups in total. The minimum atomic E-state index is -0.0729. The molecule has 1 amide bonds. The van der Waals surface area contributed by atoms with E-state index in [2.05, 4.69) is 10.3 Å². The second kappa shape index (κ2) is 4.79. The van der Waals surface area contributed by atoms with E-state index in [1.807, 2.05) is 19.1 Å². The van der Waals surface area contributed by atoms with Crippen molar-refractivity contribution in [2.45, 2.75) is 25.5 Å². The molecule has 100 valence electrons. The summed E-state index contributed by atoms with van der Waals surface area (Å²) < 4.78 is 6.37. The second-order valence-electron chi connectivity index (χ2n) is 4.68. The predicted octanol–water partition coefficient (Wildman–Crippen LogP) is 1.79. The number of nitrogens with zero attached hydrogens (tertiary/aromatic N) is 1. The van der Waals surface area contributed by atoms with Crippen LogP contribution < -0.4 is 11.1 Å². The number of aromatic nitrogens is 1. The maximum atomic E-state index is 12.2. The maximum Gasteiger partial charge on any atom is 0.251 e. The van der Waals surface area contributed by atoms with Gasteiger partial charge in [0.15, 0.2) is 5.13 Å². The van der Waals surface area contributed by atoms with Crippen molar-refractivity contribution in [2.24, 2.45) is 0 Å². The fourth-order valence-electron chi connectivity index (χ4n) is 2.26. The summed E-state index contributed by atoms with van der Waals surface area (Å²) in [7, 11) is 0. The number of benzene rings is 1. The molecule has 0 radical (unpaired) electrons. The Balaban J connectivity index is 1.80. The van der Waals surface area contributed by atoms with Gasteiger partial charge in [0.1, 0.15) is 0 Å². The molecule has 2 unspecified atom stereocenters. The third-order valence-corrected chi connectivity index (χ3v) is 4.21. The van der Waals surface area contributed by atoms with Crippen molar-refractivity contribution >= 4 is 32.6 Å². The highest BCUT2D eigenvalue weighted by Gasteiger charge is 2.26. The van der Waals surface area contributed by atoms with Crippen LogP contribution in [0.3, 0.4) is 0 Å². The van der Waals surface area contributed by atoms with Gasteiger partial charge in [0.25, 0.3) is 5.91 Å². The highest BCUT2D eigenvalue weighted by molar-refractivity contribution is 7.22. The Morgan fingerprint density at radius 3 is 3.16 bits per heavy atom. The van der Waals surface area contributed by atoms with Gasteiger partial charge in [0, 0.05) is 12.2 Å². The van der Waals surface area contributed by atoms with E-state index < -0.39 is 0 Å². The molecule has 5 nitrogen and oxygen atoms in total. The molecule has 1 aromatic heterocycles. The lowest BCUT2D eigenvalue weighted by Gasteiger charge is -2.15. The standard InChI is InChI=1S/C13H15N3O2S/c1-7-9(4-5-18-7)15-12(17)8-2-3-10-11(6-8)19-13(14)16-10/h2-3,6-7,9H,4-5H2,1H3,(H2,14,16)(H,15,17). The van der Waals surface area contributed by atoms with Gasteiger partial charge in [0.05, 0.1) is 22.4 Å². The molecule has 1 aliphatic rings. The fourth-order valence-corrected chi connectivity index (χ4v) is 3.03. The number of fused-ring (bicyclic) bond motifs is 1. The molecule has 1 fully saturated rings. The average Bonchev–Trinajstić information content (AvgIpc) is 2.93. The van der Waals surface area contributed by atoms with Crippen molar-refractivity contribution < 1.29 is 9.53 Å². The van der Waals surface area contributed by atoms with E-state index in [1.165, 1.54) is 11.3 Å². The number of hydrogen-bond acceptors (Lipinski definition) is 5. The Morgan fingerprint density at radius 1 is 1.58 bits per heavy atom. The van der Waals surface area contributed by atoms with E-state index >= 15 is 0 Å². The summed E-state index contributed by atoms with van der Waals surface area (Å²) in [6, 6.07) is 5.53. The minimum Gasteiger partial charge on any atom is -0.376 e. The van der Waals surface area contributed by atoms with Gasteiger partial charge in [-0.1, -0.05) is 11.3 Å². The molecule has 1 aromatic carbocycles. The molecule has 2 aromatic rings. The number of ether oxygens (including phenoxy) is 1. The Hall–Kier alpha value is -1.66. The Bertz CT molecular complexity index is 625. The number of nitrogen functional groups attached to an aromatic ring is 1. The largest absolute Gasteiger partial charge is 0.376 e. The monoisotopic (exact) mass is 277 g/mol. The summed E-state index contributed by atoms with van der Waals surface area (Å²) >= 11 is 1.39. The van der Waals surface area contributed by atoms with E-state index in [9.17, 15) is 4.79 Å². The number of anilines is 1. The van der Waals surface area contributed by atoms with Crippen LogP contribution in [0.2, 0.25) is 0 Å². The number of nitrogens with two attached hydrogens (primary N) is 1. The first-order valence-electron chi connectivity index (χ1n) is 6.22. The third-order valence-electron chi connectivity index (χ3n) is 3.36. The van der Waals surface area contributed by atoms with Gasteiger partial charge in [-0.3, -0.25) is 4.79 Å². The summed E-state index contributed by atoms with van der Waals surface area (Å²) in [5.41, 5.74) is 7.12. The molecular weight excluding hydrogens is 262 g/mol. The van der Waals surface area contributed by atoms with Gasteiger partial charge >= 0.3 is 0 Å². The zero-order valence-electron chi connectivity index (χ0n) is 10.6. The first-order valence-corrected chi connectivity index (χ1v) is 7.03. The Morgan fingerprint density at radius 2 is 2.42 bits per heavy atom. The van der Waals surface area contributed by atoms with Gasteiger partial charge in [-0.15, -0.1) is 0 Å². The Kier molecular flexibility index (Phi) is 3.12. The van der Waals surface area contributed by atoms with Crippen LogP contribution in [0.1, 0.15) is 23.7 Å². The van der Waals surface area contributed by atoms with Crippen LogP contribution >= 0.6 is 11.3 Å². The third kappa shape index (κ3) is 2.41. The van der Waals surface area contributed by atoms with Crippen molar-refractivity contribution in [1.82, 2.24) is 10.3 Å². The van der Waals surface area contributed by atoms with E-state index in [-0.39, 0.29) is 18.1 Å². The van der Waals surface area contributed by atoms with Crippen LogP contribution in [-0.4, -0.2) is 29.6 Å². The number of rotatable bonds is 2. The highest BCUT2D eigenvalue weighted by atomic mass is 32.1. The van der Waals surface area contributed by atoms with Gasteiger partial charge in [-0.2, -0.15) is 0 Å². The van der Waals surface area contributed by atoms with Crippen molar-refractivity contribution in [2.75, 3.05) is 12.3 Å². The number of nitrogens with one attached hydrogen (secondary N) is 1. The van der Waals surface area contributed by atoms with E-state index in [4.69, 9.17) is 10.5 Å². The Labute approximate surface area is 114 Å². The highest BCUT2D eigenvalue weighted by Crippen LogP contribution is 2.24. The molecule has 19 heavy (non-hydrogen) atoms. The number of amides is 1. The lowest BCUT2D eigenvalue weighted by Crippen LogP contribution is -2.39. The van der Waals surface area contributed by atoms with Crippen LogP contribution in [0.4, 0.5) is 5.13 Å². The molecule has 0 spiro atoms. The van der Waals surface area contributed by atoms with Crippen LogP contribution in [0.15, 0.2) is 18.2 Å².